The molecule has 0 saturated heterocycles. The van der Waals surface area contributed by atoms with Gasteiger partial charge >= 0.3 is 0 Å². The zero-order chi connectivity index (χ0) is 10.7. The Morgan fingerprint density at radius 1 is 1.20 bits per heavy atom. The van der Waals surface area contributed by atoms with Crippen LogP contribution in [0.25, 0.3) is 10.9 Å². The number of nitrogens with two attached hydrogens (primary N) is 1. The summed E-state index contributed by atoms with van der Waals surface area (Å²) < 4.78 is 1.09. The second-order valence-electron chi connectivity index (χ2n) is 3.53. The summed E-state index contributed by atoms with van der Waals surface area (Å²) in [4.78, 5) is 4.58. The largest absolute Gasteiger partial charge is 0.330 e. The Morgan fingerprint density at radius 3 is 2.87 bits per heavy atom. The van der Waals surface area contributed by atoms with Crippen molar-refractivity contribution in [1.29, 1.82) is 0 Å². The summed E-state index contributed by atoms with van der Waals surface area (Å²) in [6.07, 6.45) is 1.96. The van der Waals surface area contributed by atoms with Gasteiger partial charge in [-0.3, -0.25) is 4.98 Å². The second-order valence-corrected chi connectivity index (χ2v) is 4.45. The molecule has 0 saturated carbocycles. The number of aromatic nitrogens is 1. The van der Waals surface area contributed by atoms with Crippen molar-refractivity contribution in [3.8, 4) is 0 Å². The number of rotatable bonds is 3. The number of halogens is 1. The van der Waals surface area contributed by atoms with E-state index in [1.165, 1.54) is 5.39 Å². The average molecular weight is 265 g/mol. The van der Waals surface area contributed by atoms with Crippen LogP contribution in [0.4, 0.5) is 0 Å². The van der Waals surface area contributed by atoms with Crippen LogP contribution in [0, 0.1) is 0 Å². The zero-order valence-electron chi connectivity index (χ0n) is 8.41. The number of hydrogen-bond acceptors (Lipinski definition) is 2. The number of pyridine rings is 1. The lowest BCUT2D eigenvalue weighted by Crippen LogP contribution is -2.01. The highest BCUT2D eigenvalue weighted by atomic mass is 79.9. The fraction of sp³-hybridized carbons (Fsp3) is 0.250. The Hall–Kier alpha value is -0.930. The van der Waals surface area contributed by atoms with Crippen LogP contribution in [-0.4, -0.2) is 11.5 Å². The maximum atomic E-state index is 5.47. The van der Waals surface area contributed by atoms with Crippen LogP contribution in [0.15, 0.2) is 34.8 Å². The van der Waals surface area contributed by atoms with E-state index in [4.69, 9.17) is 5.73 Å². The summed E-state index contributed by atoms with van der Waals surface area (Å²) in [6.45, 7) is 0.722. The van der Waals surface area contributed by atoms with Crippen molar-refractivity contribution in [1.82, 2.24) is 4.98 Å². The molecule has 0 bridgehead atoms. The summed E-state index contributed by atoms with van der Waals surface area (Å²) in [5.74, 6) is 0. The van der Waals surface area contributed by atoms with E-state index in [1.54, 1.807) is 0 Å². The number of aryl methyl sites for hydroxylation is 1. The lowest BCUT2D eigenvalue weighted by Gasteiger charge is -2.02. The van der Waals surface area contributed by atoms with Gasteiger partial charge in [0.2, 0.25) is 0 Å². The molecule has 78 valence electrons. The summed E-state index contributed by atoms with van der Waals surface area (Å²) in [5, 5.41) is 1.17. The van der Waals surface area contributed by atoms with Crippen molar-refractivity contribution in [2.75, 3.05) is 6.54 Å². The maximum Gasteiger partial charge on any atom is 0.0706 e. The number of nitrogens with zero attached hydrogens (tertiary/aromatic N) is 1. The summed E-state index contributed by atoms with van der Waals surface area (Å²) in [7, 11) is 0. The van der Waals surface area contributed by atoms with E-state index in [-0.39, 0.29) is 0 Å². The fourth-order valence-corrected chi connectivity index (χ4v) is 1.94. The Labute approximate surface area is 97.6 Å². The van der Waals surface area contributed by atoms with Crippen LogP contribution in [0.3, 0.4) is 0 Å². The molecule has 1 aromatic carbocycles. The Bertz CT molecular complexity index is 468. The molecule has 2 aromatic rings. The van der Waals surface area contributed by atoms with Crippen LogP contribution in [-0.2, 0) is 6.42 Å². The van der Waals surface area contributed by atoms with E-state index in [1.807, 2.05) is 12.1 Å². The van der Waals surface area contributed by atoms with Gasteiger partial charge in [-0.15, -0.1) is 0 Å². The van der Waals surface area contributed by atoms with Crippen molar-refractivity contribution in [3.63, 3.8) is 0 Å². The molecular weight excluding hydrogens is 252 g/mol. The van der Waals surface area contributed by atoms with Crippen LogP contribution in [0.1, 0.15) is 12.1 Å². The van der Waals surface area contributed by atoms with Gasteiger partial charge in [-0.1, -0.05) is 22.0 Å². The molecule has 2 N–H and O–H groups in total. The summed E-state index contributed by atoms with van der Waals surface area (Å²) in [6, 6.07) is 10.3. The molecule has 0 aliphatic carbocycles. The Kier molecular flexibility index (Phi) is 3.34. The molecule has 1 heterocycles. The predicted octanol–water partition coefficient (Wildman–Crippen LogP) is 2.89. The highest BCUT2D eigenvalue weighted by molar-refractivity contribution is 9.10. The quantitative estimate of drug-likeness (QED) is 0.926. The highest BCUT2D eigenvalue weighted by Gasteiger charge is 1.98. The van der Waals surface area contributed by atoms with Crippen LogP contribution in [0.5, 0.6) is 0 Å². The Morgan fingerprint density at radius 2 is 2.07 bits per heavy atom. The molecule has 0 aliphatic rings. The topological polar surface area (TPSA) is 38.9 Å². The summed E-state index contributed by atoms with van der Waals surface area (Å²) >= 11 is 3.45. The molecule has 0 aliphatic heterocycles. The van der Waals surface area contributed by atoms with E-state index in [2.05, 4.69) is 39.1 Å². The van der Waals surface area contributed by atoms with Gasteiger partial charge in [0, 0.05) is 15.6 Å². The van der Waals surface area contributed by atoms with Crippen molar-refractivity contribution < 1.29 is 0 Å². The molecule has 15 heavy (non-hydrogen) atoms. The van der Waals surface area contributed by atoms with Gasteiger partial charge in [-0.05, 0) is 43.7 Å². The normalized spacial score (nSPS) is 10.8. The maximum absolute atomic E-state index is 5.47. The first-order valence-electron chi connectivity index (χ1n) is 5.05. The van der Waals surface area contributed by atoms with Crippen LogP contribution >= 0.6 is 15.9 Å². The first kappa shape index (κ1) is 10.6. The van der Waals surface area contributed by atoms with E-state index in [0.29, 0.717) is 0 Å². The molecule has 2 nitrogen and oxygen atoms in total. The third-order valence-corrected chi connectivity index (χ3v) is 2.84. The monoisotopic (exact) mass is 264 g/mol. The lowest BCUT2D eigenvalue weighted by molar-refractivity contribution is 0.814. The molecule has 3 heteroatoms. The molecule has 1 aromatic heterocycles. The first-order chi connectivity index (χ1) is 7.29. The molecule has 2 rings (SSSR count). The molecule has 0 spiro atoms. The predicted molar refractivity (Wildman–Crippen MR) is 66.8 cm³/mol. The lowest BCUT2D eigenvalue weighted by atomic mass is 10.1. The standard InChI is InChI=1S/C12H13BrN2/c13-10-4-6-12-9(8-10)3-5-11(15-12)2-1-7-14/h3-6,8H,1-2,7,14H2. The molecule has 0 fully saturated rings. The van der Waals surface area contributed by atoms with Crippen LogP contribution < -0.4 is 5.73 Å². The van der Waals surface area contributed by atoms with Gasteiger partial charge in [0.1, 0.15) is 0 Å². The molecular formula is C12H13BrN2. The molecule has 0 atom stereocenters. The minimum absolute atomic E-state index is 0.722. The number of hydrogen-bond donors (Lipinski definition) is 1. The fourth-order valence-electron chi connectivity index (χ4n) is 1.56. The zero-order valence-corrected chi connectivity index (χ0v) is 10.00. The second kappa shape index (κ2) is 4.73. The number of benzene rings is 1. The van der Waals surface area contributed by atoms with E-state index in [9.17, 15) is 0 Å². The SMILES string of the molecule is NCCCc1ccc2cc(Br)ccc2n1. The van der Waals surface area contributed by atoms with Gasteiger partial charge in [0.25, 0.3) is 0 Å². The molecule has 0 radical (unpaired) electrons. The molecule has 0 unspecified atom stereocenters. The minimum atomic E-state index is 0.722. The van der Waals surface area contributed by atoms with Gasteiger partial charge in [0.05, 0.1) is 5.52 Å². The van der Waals surface area contributed by atoms with Crippen molar-refractivity contribution in [3.05, 3.63) is 40.5 Å². The van der Waals surface area contributed by atoms with Crippen molar-refractivity contribution in [2.45, 2.75) is 12.8 Å². The molecule has 0 amide bonds. The Balaban J connectivity index is 2.34. The smallest absolute Gasteiger partial charge is 0.0706 e. The van der Waals surface area contributed by atoms with E-state index >= 15 is 0 Å². The van der Waals surface area contributed by atoms with Gasteiger partial charge in [0.15, 0.2) is 0 Å². The third kappa shape index (κ3) is 2.55. The third-order valence-electron chi connectivity index (χ3n) is 2.35. The van der Waals surface area contributed by atoms with E-state index < -0.39 is 0 Å². The van der Waals surface area contributed by atoms with Gasteiger partial charge in [-0.2, -0.15) is 0 Å². The minimum Gasteiger partial charge on any atom is -0.330 e. The van der Waals surface area contributed by atoms with Gasteiger partial charge < -0.3 is 5.73 Å². The summed E-state index contributed by atoms with van der Waals surface area (Å²) in [5.41, 5.74) is 7.64. The van der Waals surface area contributed by atoms with Crippen LogP contribution in [0.2, 0.25) is 0 Å². The first-order valence-corrected chi connectivity index (χ1v) is 5.84. The number of fused-ring (bicyclic) bond motifs is 1. The average Bonchev–Trinajstić information content (AvgIpc) is 2.26. The van der Waals surface area contributed by atoms with Gasteiger partial charge in [-0.25, -0.2) is 0 Å². The van der Waals surface area contributed by atoms with Crippen molar-refractivity contribution >= 4 is 26.8 Å². The highest BCUT2D eigenvalue weighted by Crippen LogP contribution is 2.18. The van der Waals surface area contributed by atoms with E-state index in [0.717, 1.165) is 35.1 Å². The van der Waals surface area contributed by atoms with Crippen molar-refractivity contribution in [2.24, 2.45) is 5.73 Å².